The van der Waals surface area contributed by atoms with Gasteiger partial charge < -0.3 is 16.0 Å². The van der Waals surface area contributed by atoms with E-state index in [0.717, 1.165) is 35.4 Å². The average Bonchev–Trinajstić information content (AvgIpc) is 2.91. The molecule has 25 heavy (non-hydrogen) atoms. The number of halogens is 1. The lowest BCUT2D eigenvalue weighted by Gasteiger charge is -2.24. The van der Waals surface area contributed by atoms with Crippen LogP contribution in [0.15, 0.2) is 24.4 Å². The van der Waals surface area contributed by atoms with Crippen molar-refractivity contribution in [1.29, 1.82) is 0 Å². The van der Waals surface area contributed by atoms with Gasteiger partial charge in [0.1, 0.15) is 9.71 Å². The molecular weight excluding hydrogens is 358 g/mol. The third-order valence-electron chi connectivity index (χ3n) is 4.27. The number of likely N-dealkylation sites (N-methyl/N-ethyl adjacent to an activating group) is 1. The van der Waals surface area contributed by atoms with Crippen LogP contribution in [0, 0.1) is 0 Å². The van der Waals surface area contributed by atoms with Crippen molar-refractivity contribution in [3.63, 3.8) is 0 Å². The van der Waals surface area contributed by atoms with E-state index in [1.54, 1.807) is 18.3 Å². The van der Waals surface area contributed by atoms with Gasteiger partial charge in [-0.2, -0.15) is 0 Å². The standard InChI is InChI=1S/C17H16ClN5OS/c1-23-6-4-11-9(8-23)7-10-13(19)14(25-17(10)22-11)16(24)21-12-3-2-5-20-15(12)18/h2-3,5,7H,4,6,8,19H2,1H3,(H,21,24). The summed E-state index contributed by atoms with van der Waals surface area (Å²) in [6.07, 6.45) is 2.48. The number of amides is 1. The van der Waals surface area contributed by atoms with E-state index < -0.39 is 0 Å². The average molecular weight is 374 g/mol. The number of nitrogens with zero attached hydrogens (tertiary/aromatic N) is 3. The van der Waals surface area contributed by atoms with Crippen molar-refractivity contribution in [3.8, 4) is 0 Å². The van der Waals surface area contributed by atoms with Crippen LogP contribution in [0.1, 0.15) is 20.9 Å². The lowest BCUT2D eigenvalue weighted by atomic mass is 10.0. The molecule has 0 aliphatic carbocycles. The minimum Gasteiger partial charge on any atom is -0.397 e. The number of carbonyl (C=O) groups is 1. The zero-order valence-corrected chi connectivity index (χ0v) is 15.1. The van der Waals surface area contributed by atoms with Gasteiger partial charge in [0.25, 0.3) is 5.91 Å². The molecule has 0 saturated heterocycles. The molecule has 1 aliphatic heterocycles. The Morgan fingerprint density at radius 1 is 1.48 bits per heavy atom. The molecule has 4 rings (SSSR count). The van der Waals surface area contributed by atoms with Gasteiger partial charge in [-0.25, -0.2) is 9.97 Å². The van der Waals surface area contributed by atoms with Crippen molar-refractivity contribution in [2.45, 2.75) is 13.0 Å². The first-order valence-electron chi connectivity index (χ1n) is 7.84. The fourth-order valence-corrected chi connectivity index (χ4v) is 4.12. The highest BCUT2D eigenvalue weighted by Gasteiger charge is 2.22. The van der Waals surface area contributed by atoms with Crippen LogP contribution in [0.2, 0.25) is 5.15 Å². The van der Waals surface area contributed by atoms with Gasteiger partial charge in [-0.05, 0) is 30.8 Å². The molecule has 6 nitrogen and oxygen atoms in total. The summed E-state index contributed by atoms with van der Waals surface area (Å²) in [5, 5.41) is 3.84. The van der Waals surface area contributed by atoms with Gasteiger partial charge in [0.05, 0.1) is 11.4 Å². The molecule has 3 aromatic heterocycles. The Labute approximate surface area is 153 Å². The Morgan fingerprint density at radius 2 is 2.32 bits per heavy atom. The van der Waals surface area contributed by atoms with Gasteiger partial charge in [0.15, 0.2) is 5.15 Å². The number of anilines is 2. The zero-order valence-electron chi connectivity index (χ0n) is 13.5. The molecule has 8 heteroatoms. The van der Waals surface area contributed by atoms with E-state index in [1.807, 2.05) is 0 Å². The number of nitrogens with two attached hydrogens (primary N) is 1. The Hall–Kier alpha value is -2.22. The molecule has 1 aliphatic rings. The number of hydrogen-bond acceptors (Lipinski definition) is 6. The molecule has 3 aromatic rings. The van der Waals surface area contributed by atoms with Crippen LogP contribution in [-0.2, 0) is 13.0 Å². The summed E-state index contributed by atoms with van der Waals surface area (Å²) >= 11 is 7.31. The van der Waals surface area contributed by atoms with Crippen molar-refractivity contribution in [1.82, 2.24) is 14.9 Å². The Morgan fingerprint density at radius 3 is 3.12 bits per heavy atom. The summed E-state index contributed by atoms with van der Waals surface area (Å²) in [7, 11) is 2.08. The van der Waals surface area contributed by atoms with Gasteiger partial charge in [0.2, 0.25) is 0 Å². The molecule has 3 N–H and O–H groups in total. The van der Waals surface area contributed by atoms with E-state index in [4.69, 9.17) is 22.3 Å². The molecule has 0 spiro atoms. The van der Waals surface area contributed by atoms with Gasteiger partial charge in [-0.3, -0.25) is 4.79 Å². The minimum atomic E-state index is -0.300. The van der Waals surface area contributed by atoms with Gasteiger partial charge >= 0.3 is 0 Å². The molecule has 0 fully saturated rings. The summed E-state index contributed by atoms with van der Waals surface area (Å²) in [4.78, 5) is 24.8. The highest BCUT2D eigenvalue weighted by molar-refractivity contribution is 7.21. The Kier molecular flexibility index (Phi) is 4.07. The number of pyridine rings is 2. The minimum absolute atomic E-state index is 0.243. The molecule has 0 radical (unpaired) electrons. The number of thiophene rings is 1. The van der Waals surface area contributed by atoms with Crippen LogP contribution >= 0.6 is 22.9 Å². The number of hydrogen-bond donors (Lipinski definition) is 2. The fourth-order valence-electron chi connectivity index (χ4n) is 2.97. The monoisotopic (exact) mass is 373 g/mol. The first-order chi connectivity index (χ1) is 12.0. The second-order valence-electron chi connectivity index (χ2n) is 6.08. The number of aromatic nitrogens is 2. The molecule has 0 atom stereocenters. The second-order valence-corrected chi connectivity index (χ2v) is 7.43. The molecule has 128 valence electrons. The van der Waals surface area contributed by atoms with E-state index in [9.17, 15) is 4.79 Å². The van der Waals surface area contributed by atoms with Crippen molar-refractivity contribution < 1.29 is 4.79 Å². The van der Waals surface area contributed by atoms with Crippen molar-refractivity contribution in [2.24, 2.45) is 0 Å². The normalized spacial score (nSPS) is 14.5. The SMILES string of the molecule is CN1CCc2nc3sc(C(=O)Nc4cccnc4Cl)c(N)c3cc2C1. The van der Waals surface area contributed by atoms with E-state index >= 15 is 0 Å². The second kappa shape index (κ2) is 6.25. The molecule has 0 saturated carbocycles. The summed E-state index contributed by atoms with van der Waals surface area (Å²) in [5.41, 5.74) is 9.43. The van der Waals surface area contributed by atoms with Crippen molar-refractivity contribution in [3.05, 3.63) is 45.7 Å². The predicted octanol–water partition coefficient (Wildman–Crippen LogP) is 3.17. The van der Waals surface area contributed by atoms with Crippen LogP contribution in [0.4, 0.5) is 11.4 Å². The zero-order chi connectivity index (χ0) is 17.6. The first kappa shape index (κ1) is 16.3. The van der Waals surface area contributed by atoms with Crippen LogP contribution in [0.3, 0.4) is 0 Å². The lowest BCUT2D eigenvalue weighted by molar-refractivity contribution is 0.103. The molecular formula is C17H16ClN5OS. The highest BCUT2D eigenvalue weighted by atomic mass is 35.5. The van der Waals surface area contributed by atoms with Crippen LogP contribution in [-0.4, -0.2) is 34.4 Å². The quantitative estimate of drug-likeness (QED) is 0.674. The number of rotatable bonds is 2. The number of nitrogen functional groups attached to an aromatic ring is 1. The molecule has 4 heterocycles. The Balaban J connectivity index is 1.72. The van der Waals surface area contributed by atoms with E-state index in [1.165, 1.54) is 16.9 Å². The number of nitrogens with one attached hydrogen (secondary N) is 1. The summed E-state index contributed by atoms with van der Waals surface area (Å²) in [6, 6.07) is 5.47. The maximum atomic E-state index is 12.6. The predicted molar refractivity (Wildman–Crippen MR) is 101 cm³/mol. The third kappa shape index (κ3) is 2.95. The van der Waals surface area contributed by atoms with E-state index in [2.05, 4.69) is 28.3 Å². The third-order valence-corrected chi connectivity index (χ3v) is 5.69. The fraction of sp³-hybridized carbons (Fsp3) is 0.235. The molecule has 1 amide bonds. The topological polar surface area (TPSA) is 84.1 Å². The number of fused-ring (bicyclic) bond motifs is 2. The van der Waals surface area contributed by atoms with Gasteiger partial charge in [-0.1, -0.05) is 11.6 Å². The van der Waals surface area contributed by atoms with E-state index in [0.29, 0.717) is 16.3 Å². The molecule has 0 unspecified atom stereocenters. The summed E-state index contributed by atoms with van der Waals surface area (Å²) in [6.45, 7) is 1.83. The number of carbonyl (C=O) groups excluding carboxylic acids is 1. The molecule has 0 aromatic carbocycles. The van der Waals surface area contributed by atoms with Gasteiger partial charge in [-0.15, -0.1) is 11.3 Å². The van der Waals surface area contributed by atoms with Crippen molar-refractivity contribution >= 4 is 50.4 Å². The Bertz CT molecular complexity index is 987. The maximum absolute atomic E-state index is 12.6. The van der Waals surface area contributed by atoms with Crippen LogP contribution < -0.4 is 11.1 Å². The summed E-state index contributed by atoms with van der Waals surface area (Å²) in [5.74, 6) is -0.300. The smallest absolute Gasteiger partial charge is 0.268 e. The van der Waals surface area contributed by atoms with Crippen LogP contribution in [0.25, 0.3) is 10.2 Å². The van der Waals surface area contributed by atoms with E-state index in [-0.39, 0.29) is 11.1 Å². The largest absolute Gasteiger partial charge is 0.397 e. The lowest BCUT2D eigenvalue weighted by Crippen LogP contribution is -2.27. The molecule has 0 bridgehead atoms. The van der Waals surface area contributed by atoms with Crippen molar-refractivity contribution in [2.75, 3.05) is 24.6 Å². The van der Waals surface area contributed by atoms with Crippen LogP contribution in [0.5, 0.6) is 0 Å². The summed E-state index contributed by atoms with van der Waals surface area (Å²) < 4.78 is 0. The maximum Gasteiger partial charge on any atom is 0.268 e. The first-order valence-corrected chi connectivity index (χ1v) is 9.03. The van der Waals surface area contributed by atoms with Gasteiger partial charge in [0, 0.05) is 36.8 Å². The highest BCUT2D eigenvalue weighted by Crippen LogP contribution is 2.35.